The van der Waals surface area contributed by atoms with Gasteiger partial charge in [0, 0.05) is 18.6 Å². The van der Waals surface area contributed by atoms with E-state index < -0.39 is 4.92 Å². The number of non-ortho nitro benzene ring substituents is 1. The summed E-state index contributed by atoms with van der Waals surface area (Å²) in [6.45, 7) is 0. The summed E-state index contributed by atoms with van der Waals surface area (Å²) in [5.41, 5.74) is 1.89. The van der Waals surface area contributed by atoms with Gasteiger partial charge in [-0.05, 0) is 46.2 Å². The lowest BCUT2D eigenvalue weighted by atomic mass is 10.0. The first-order chi connectivity index (χ1) is 13.6. The van der Waals surface area contributed by atoms with Gasteiger partial charge >= 0.3 is 0 Å². The Morgan fingerprint density at radius 2 is 1.86 bits per heavy atom. The SMILES string of the molecule is O=[N+]([O-])c1ccc(C=Nn2c(Cc3cccc4ccccc34)n[nH]c2=S)cc1. The van der Waals surface area contributed by atoms with Crippen molar-refractivity contribution in [2.45, 2.75) is 6.42 Å². The van der Waals surface area contributed by atoms with Crippen LogP contribution in [0.3, 0.4) is 0 Å². The van der Waals surface area contributed by atoms with E-state index in [-0.39, 0.29) is 5.69 Å². The molecule has 0 atom stereocenters. The van der Waals surface area contributed by atoms with Gasteiger partial charge in [0.1, 0.15) is 0 Å². The molecule has 3 aromatic carbocycles. The third-order valence-electron chi connectivity index (χ3n) is 4.37. The van der Waals surface area contributed by atoms with Gasteiger partial charge in [0.25, 0.3) is 5.69 Å². The Morgan fingerprint density at radius 3 is 2.64 bits per heavy atom. The van der Waals surface area contributed by atoms with Crippen LogP contribution in [0.1, 0.15) is 17.0 Å². The highest BCUT2D eigenvalue weighted by atomic mass is 32.1. The average molecular weight is 389 g/mol. The summed E-state index contributed by atoms with van der Waals surface area (Å²) in [7, 11) is 0. The first-order valence-corrected chi connectivity index (χ1v) is 8.94. The van der Waals surface area contributed by atoms with Gasteiger partial charge in [-0.3, -0.25) is 15.2 Å². The van der Waals surface area contributed by atoms with Crippen LogP contribution in [0.15, 0.2) is 71.8 Å². The van der Waals surface area contributed by atoms with E-state index >= 15 is 0 Å². The van der Waals surface area contributed by atoms with E-state index in [1.54, 1.807) is 23.0 Å². The summed E-state index contributed by atoms with van der Waals surface area (Å²) < 4.78 is 1.95. The van der Waals surface area contributed by atoms with E-state index in [1.165, 1.54) is 12.1 Å². The molecule has 0 saturated heterocycles. The van der Waals surface area contributed by atoms with Crippen molar-refractivity contribution in [2.24, 2.45) is 5.10 Å². The molecule has 0 amide bonds. The number of nitro groups is 1. The van der Waals surface area contributed by atoms with Gasteiger partial charge in [0.05, 0.1) is 11.1 Å². The second kappa shape index (κ2) is 7.53. The second-order valence-electron chi connectivity index (χ2n) is 6.17. The molecular weight excluding hydrogens is 374 g/mol. The van der Waals surface area contributed by atoms with E-state index in [0.717, 1.165) is 21.9 Å². The molecule has 0 spiro atoms. The Bertz CT molecular complexity index is 1240. The van der Waals surface area contributed by atoms with Gasteiger partial charge in [0.15, 0.2) is 5.82 Å². The van der Waals surface area contributed by atoms with Gasteiger partial charge in [-0.15, -0.1) is 0 Å². The lowest BCUT2D eigenvalue weighted by Gasteiger charge is -2.06. The molecule has 1 heterocycles. The Labute approximate surface area is 165 Å². The van der Waals surface area contributed by atoms with Gasteiger partial charge in [0.2, 0.25) is 4.77 Å². The molecule has 0 aliphatic heterocycles. The smallest absolute Gasteiger partial charge is 0.258 e. The number of nitro benzene ring substituents is 1. The summed E-state index contributed by atoms with van der Waals surface area (Å²) in [6.07, 6.45) is 2.16. The van der Waals surface area contributed by atoms with Crippen molar-refractivity contribution in [3.8, 4) is 0 Å². The number of aromatic nitrogens is 3. The number of fused-ring (bicyclic) bond motifs is 1. The van der Waals surface area contributed by atoms with Crippen molar-refractivity contribution < 1.29 is 4.92 Å². The van der Waals surface area contributed by atoms with Crippen LogP contribution in [0.4, 0.5) is 5.69 Å². The lowest BCUT2D eigenvalue weighted by molar-refractivity contribution is -0.384. The Kier molecular flexibility index (Phi) is 4.77. The van der Waals surface area contributed by atoms with Crippen LogP contribution >= 0.6 is 12.2 Å². The zero-order valence-electron chi connectivity index (χ0n) is 14.6. The van der Waals surface area contributed by atoms with E-state index in [9.17, 15) is 10.1 Å². The summed E-state index contributed by atoms with van der Waals surface area (Å²) >= 11 is 5.30. The van der Waals surface area contributed by atoms with E-state index in [2.05, 4.69) is 39.6 Å². The van der Waals surface area contributed by atoms with Crippen molar-refractivity contribution in [3.05, 3.63) is 98.6 Å². The predicted octanol–water partition coefficient (Wildman–Crippen LogP) is 4.48. The molecule has 1 aromatic heterocycles. The fourth-order valence-electron chi connectivity index (χ4n) is 2.98. The molecule has 0 saturated carbocycles. The normalized spacial score (nSPS) is 11.3. The average Bonchev–Trinajstić information content (AvgIpc) is 3.06. The monoisotopic (exact) mass is 389 g/mol. The predicted molar refractivity (Wildman–Crippen MR) is 110 cm³/mol. The number of benzene rings is 3. The minimum absolute atomic E-state index is 0.0358. The van der Waals surface area contributed by atoms with Crippen molar-refractivity contribution >= 4 is 34.9 Å². The Hall–Kier alpha value is -3.65. The zero-order chi connectivity index (χ0) is 19.5. The van der Waals surface area contributed by atoms with Crippen molar-refractivity contribution in [3.63, 3.8) is 0 Å². The number of hydrogen-bond acceptors (Lipinski definition) is 5. The van der Waals surface area contributed by atoms with Crippen LogP contribution in [-0.4, -0.2) is 26.0 Å². The third-order valence-corrected chi connectivity index (χ3v) is 4.64. The molecule has 0 bridgehead atoms. The van der Waals surface area contributed by atoms with Crippen molar-refractivity contribution in [1.29, 1.82) is 0 Å². The maximum atomic E-state index is 10.8. The fourth-order valence-corrected chi connectivity index (χ4v) is 3.18. The Morgan fingerprint density at radius 1 is 1.11 bits per heavy atom. The van der Waals surface area contributed by atoms with E-state index in [0.29, 0.717) is 17.0 Å². The Balaban J connectivity index is 1.64. The molecule has 1 N–H and O–H groups in total. The number of rotatable bonds is 5. The lowest BCUT2D eigenvalue weighted by Crippen LogP contribution is -2.01. The van der Waals surface area contributed by atoms with Crippen LogP contribution in [0.5, 0.6) is 0 Å². The van der Waals surface area contributed by atoms with Gasteiger partial charge in [-0.2, -0.15) is 14.9 Å². The largest absolute Gasteiger partial charge is 0.269 e. The highest BCUT2D eigenvalue weighted by Crippen LogP contribution is 2.21. The van der Waals surface area contributed by atoms with Crippen LogP contribution in [0.25, 0.3) is 10.8 Å². The molecule has 8 heteroatoms. The molecule has 0 aliphatic carbocycles. The van der Waals surface area contributed by atoms with E-state index in [1.807, 2.05) is 18.2 Å². The number of nitrogens with zero attached hydrogens (tertiary/aromatic N) is 4. The zero-order valence-corrected chi connectivity index (χ0v) is 15.5. The van der Waals surface area contributed by atoms with Crippen LogP contribution in [0.2, 0.25) is 0 Å². The molecule has 0 aliphatic rings. The molecule has 0 radical (unpaired) electrons. The highest BCUT2D eigenvalue weighted by molar-refractivity contribution is 7.71. The first kappa shape index (κ1) is 17.7. The standard InChI is InChI=1S/C20H15N5O2S/c26-25(27)17-10-8-14(9-11-17)13-21-24-19(22-23-20(24)28)12-16-6-3-5-15-4-1-2-7-18(15)16/h1-11,13H,12H2,(H,23,28). The van der Waals surface area contributed by atoms with Crippen molar-refractivity contribution in [2.75, 3.05) is 0 Å². The minimum atomic E-state index is -0.435. The molecular formula is C20H15N5O2S. The fraction of sp³-hybridized carbons (Fsp3) is 0.0500. The van der Waals surface area contributed by atoms with Crippen molar-refractivity contribution in [1.82, 2.24) is 14.9 Å². The summed E-state index contributed by atoms with van der Waals surface area (Å²) in [6, 6.07) is 20.5. The summed E-state index contributed by atoms with van der Waals surface area (Å²) in [5, 5.41) is 24.6. The quantitative estimate of drug-likeness (QED) is 0.236. The number of nitrogens with one attached hydrogen (secondary N) is 1. The topological polar surface area (TPSA) is 89.1 Å². The van der Waals surface area contributed by atoms with Crippen LogP contribution in [0, 0.1) is 14.9 Å². The maximum absolute atomic E-state index is 10.8. The summed E-state index contributed by atoms with van der Waals surface area (Å²) in [4.78, 5) is 10.3. The molecule has 7 nitrogen and oxygen atoms in total. The van der Waals surface area contributed by atoms with E-state index in [4.69, 9.17) is 12.2 Å². The summed E-state index contributed by atoms with van der Waals surface area (Å²) in [5.74, 6) is 0.680. The molecule has 28 heavy (non-hydrogen) atoms. The minimum Gasteiger partial charge on any atom is -0.258 e. The van der Waals surface area contributed by atoms with Gasteiger partial charge in [-0.1, -0.05) is 42.5 Å². The number of hydrogen-bond donors (Lipinski definition) is 1. The molecule has 4 aromatic rings. The first-order valence-electron chi connectivity index (χ1n) is 8.53. The van der Waals surface area contributed by atoms with Gasteiger partial charge < -0.3 is 0 Å². The van der Waals surface area contributed by atoms with Crippen LogP contribution in [-0.2, 0) is 6.42 Å². The number of aromatic amines is 1. The van der Waals surface area contributed by atoms with Gasteiger partial charge in [-0.25, -0.2) is 0 Å². The number of H-pyrrole nitrogens is 1. The molecule has 4 rings (SSSR count). The van der Waals surface area contributed by atoms with Crippen LogP contribution < -0.4 is 0 Å². The molecule has 138 valence electrons. The third kappa shape index (κ3) is 3.58. The maximum Gasteiger partial charge on any atom is 0.269 e. The molecule has 0 unspecified atom stereocenters. The highest BCUT2D eigenvalue weighted by Gasteiger charge is 2.09. The molecule has 0 fully saturated rings. The second-order valence-corrected chi connectivity index (χ2v) is 6.55.